The van der Waals surface area contributed by atoms with E-state index in [0.717, 1.165) is 45.1 Å². The summed E-state index contributed by atoms with van der Waals surface area (Å²) in [6.45, 7) is 7.59. The maximum atomic E-state index is 11.8. The van der Waals surface area contributed by atoms with Crippen molar-refractivity contribution in [3.63, 3.8) is 0 Å². The van der Waals surface area contributed by atoms with Crippen LogP contribution in [-0.4, -0.2) is 58.3 Å². The van der Waals surface area contributed by atoms with E-state index in [-0.39, 0.29) is 5.91 Å². The smallest absolute Gasteiger partial charge is 0.222 e. The van der Waals surface area contributed by atoms with Crippen LogP contribution in [0.4, 0.5) is 0 Å². The first-order chi connectivity index (χ1) is 14.7. The number of hydrogen-bond acceptors (Lipinski definition) is 3. The second-order valence-electron chi connectivity index (χ2n) is 8.92. The van der Waals surface area contributed by atoms with Gasteiger partial charge in [0.25, 0.3) is 0 Å². The van der Waals surface area contributed by atoms with Crippen molar-refractivity contribution in [2.24, 2.45) is 4.99 Å². The zero-order valence-corrected chi connectivity index (χ0v) is 19.2. The van der Waals surface area contributed by atoms with Crippen LogP contribution in [-0.2, 0) is 17.9 Å². The van der Waals surface area contributed by atoms with E-state index in [1.165, 1.54) is 49.0 Å². The van der Waals surface area contributed by atoms with Crippen LogP contribution in [0.3, 0.4) is 0 Å². The summed E-state index contributed by atoms with van der Waals surface area (Å²) in [6.07, 6.45) is 8.57. The molecule has 2 aliphatic heterocycles. The monoisotopic (exact) mass is 428 g/mol. The third kappa shape index (κ3) is 5.32. The molecule has 5 nitrogen and oxygen atoms in total. The first-order valence-corrected chi connectivity index (χ1v) is 12.7. The predicted molar refractivity (Wildman–Crippen MR) is 126 cm³/mol. The van der Waals surface area contributed by atoms with E-state index >= 15 is 0 Å². The van der Waals surface area contributed by atoms with Crippen LogP contribution >= 0.6 is 11.8 Å². The normalized spacial score (nSPS) is 22.0. The molecule has 1 aliphatic carbocycles. The molecule has 2 heterocycles. The van der Waals surface area contributed by atoms with Crippen LogP contribution in [0.25, 0.3) is 0 Å². The number of rotatable bonds is 5. The Hall–Kier alpha value is -1.69. The molecule has 2 saturated heterocycles. The van der Waals surface area contributed by atoms with Gasteiger partial charge in [-0.2, -0.15) is 11.8 Å². The quantitative estimate of drug-likeness (QED) is 0.568. The molecule has 4 rings (SSSR count). The van der Waals surface area contributed by atoms with E-state index in [0.29, 0.717) is 17.7 Å². The minimum atomic E-state index is 0.286. The van der Waals surface area contributed by atoms with Crippen molar-refractivity contribution in [3.05, 3.63) is 35.4 Å². The fourth-order valence-electron chi connectivity index (χ4n) is 4.96. The summed E-state index contributed by atoms with van der Waals surface area (Å²) in [5.74, 6) is 2.55. The number of amides is 1. The van der Waals surface area contributed by atoms with E-state index in [1.54, 1.807) is 0 Å². The maximum absolute atomic E-state index is 11.8. The van der Waals surface area contributed by atoms with Crippen molar-refractivity contribution >= 4 is 23.6 Å². The van der Waals surface area contributed by atoms with Crippen LogP contribution in [0.2, 0.25) is 0 Å². The molecule has 0 atom stereocenters. The minimum absolute atomic E-state index is 0.286. The largest absolute Gasteiger partial charge is 0.357 e. The number of aliphatic imine (C=N–C) groups is 1. The molecule has 1 aromatic rings. The number of likely N-dealkylation sites (tertiary alicyclic amines) is 1. The molecule has 0 unspecified atom stereocenters. The van der Waals surface area contributed by atoms with Crippen LogP contribution in [0, 0.1) is 0 Å². The predicted octanol–water partition coefficient (Wildman–Crippen LogP) is 4.03. The molecule has 0 radical (unpaired) electrons. The first kappa shape index (κ1) is 21.5. The summed E-state index contributed by atoms with van der Waals surface area (Å²) in [7, 11) is 0. The van der Waals surface area contributed by atoms with Gasteiger partial charge in [0.15, 0.2) is 5.96 Å². The maximum Gasteiger partial charge on any atom is 0.222 e. The number of carbonyl (C=O) groups is 1. The fraction of sp³-hybridized carbons (Fsp3) is 0.667. The SMILES string of the molecule is CCNC(=NCc1ccc(CN2CCCC2=O)cc1)N1CCSC2(CCCCC2)C1. The van der Waals surface area contributed by atoms with Gasteiger partial charge in [0.1, 0.15) is 0 Å². The molecule has 30 heavy (non-hydrogen) atoms. The molecule has 1 saturated carbocycles. The molecule has 3 fully saturated rings. The van der Waals surface area contributed by atoms with Crippen molar-refractivity contribution in [1.82, 2.24) is 15.1 Å². The van der Waals surface area contributed by atoms with Gasteiger partial charge in [-0.05, 0) is 37.3 Å². The molecule has 1 amide bonds. The van der Waals surface area contributed by atoms with Gasteiger partial charge in [0.2, 0.25) is 5.91 Å². The van der Waals surface area contributed by atoms with Gasteiger partial charge < -0.3 is 15.1 Å². The Morgan fingerprint density at radius 2 is 1.87 bits per heavy atom. The molecule has 0 aromatic heterocycles. The molecule has 3 aliphatic rings. The molecule has 1 aromatic carbocycles. The molecule has 1 N–H and O–H groups in total. The highest BCUT2D eigenvalue weighted by atomic mass is 32.2. The zero-order valence-electron chi connectivity index (χ0n) is 18.4. The number of nitrogens with zero attached hydrogens (tertiary/aromatic N) is 3. The zero-order chi connectivity index (χ0) is 20.8. The van der Waals surface area contributed by atoms with Crippen molar-refractivity contribution in [1.29, 1.82) is 0 Å². The van der Waals surface area contributed by atoms with E-state index < -0.39 is 0 Å². The lowest BCUT2D eigenvalue weighted by molar-refractivity contribution is -0.128. The first-order valence-electron chi connectivity index (χ1n) is 11.7. The summed E-state index contributed by atoms with van der Waals surface area (Å²) in [5.41, 5.74) is 2.43. The van der Waals surface area contributed by atoms with Gasteiger partial charge in [-0.15, -0.1) is 0 Å². The van der Waals surface area contributed by atoms with E-state index in [2.05, 4.69) is 53.2 Å². The van der Waals surface area contributed by atoms with Gasteiger partial charge in [-0.3, -0.25) is 4.79 Å². The minimum Gasteiger partial charge on any atom is -0.357 e. The summed E-state index contributed by atoms with van der Waals surface area (Å²) in [4.78, 5) is 21.3. The van der Waals surface area contributed by atoms with Crippen molar-refractivity contribution in [2.75, 3.05) is 31.9 Å². The van der Waals surface area contributed by atoms with Gasteiger partial charge in [-0.25, -0.2) is 4.99 Å². The van der Waals surface area contributed by atoms with Crippen molar-refractivity contribution < 1.29 is 4.79 Å². The van der Waals surface area contributed by atoms with E-state index in [9.17, 15) is 4.79 Å². The Morgan fingerprint density at radius 3 is 2.57 bits per heavy atom. The topological polar surface area (TPSA) is 47.9 Å². The highest BCUT2D eigenvalue weighted by Gasteiger charge is 2.38. The summed E-state index contributed by atoms with van der Waals surface area (Å²) in [6, 6.07) is 8.63. The molecular formula is C24H36N4OS. The molecule has 1 spiro atoms. The number of thioether (sulfide) groups is 1. The average molecular weight is 429 g/mol. The van der Waals surface area contributed by atoms with Gasteiger partial charge in [0.05, 0.1) is 6.54 Å². The second kappa shape index (κ2) is 10.1. The van der Waals surface area contributed by atoms with Crippen molar-refractivity contribution in [2.45, 2.75) is 69.7 Å². The third-order valence-electron chi connectivity index (χ3n) is 6.63. The number of benzene rings is 1. The lowest BCUT2D eigenvalue weighted by Gasteiger charge is -2.45. The number of nitrogens with one attached hydrogen (secondary N) is 1. The van der Waals surface area contributed by atoms with E-state index in [1.807, 2.05) is 4.90 Å². The standard InChI is InChI=1S/C24H36N4OS/c1-2-25-23(28-15-16-30-24(19-28)12-4-3-5-13-24)26-17-20-8-10-21(11-9-20)18-27-14-6-7-22(27)29/h8-11H,2-7,12-19H2,1H3,(H,25,26). The third-order valence-corrected chi connectivity index (χ3v) is 8.16. The Labute approximate surface area is 185 Å². The van der Waals surface area contributed by atoms with Gasteiger partial charge >= 0.3 is 0 Å². The van der Waals surface area contributed by atoms with E-state index in [4.69, 9.17) is 4.99 Å². The molecule has 6 heteroatoms. The average Bonchev–Trinajstić information content (AvgIpc) is 3.17. The van der Waals surface area contributed by atoms with Crippen LogP contribution in [0.15, 0.2) is 29.3 Å². The summed E-state index contributed by atoms with van der Waals surface area (Å²) < 4.78 is 0.446. The van der Waals surface area contributed by atoms with Gasteiger partial charge in [-0.1, -0.05) is 43.5 Å². The Morgan fingerprint density at radius 1 is 1.10 bits per heavy atom. The highest BCUT2D eigenvalue weighted by Crippen LogP contribution is 2.42. The summed E-state index contributed by atoms with van der Waals surface area (Å²) >= 11 is 2.20. The molecule has 0 bridgehead atoms. The highest BCUT2D eigenvalue weighted by molar-refractivity contribution is 8.00. The van der Waals surface area contributed by atoms with Crippen molar-refractivity contribution in [3.8, 4) is 0 Å². The lowest BCUT2D eigenvalue weighted by atomic mass is 9.87. The van der Waals surface area contributed by atoms with Crippen LogP contribution in [0.5, 0.6) is 0 Å². The Balaban J connectivity index is 1.38. The number of hydrogen-bond donors (Lipinski definition) is 1. The van der Waals surface area contributed by atoms with Crippen LogP contribution < -0.4 is 5.32 Å². The fourth-order valence-corrected chi connectivity index (χ4v) is 6.53. The lowest BCUT2D eigenvalue weighted by Crippen LogP contribution is -2.53. The summed E-state index contributed by atoms with van der Waals surface area (Å²) in [5, 5.41) is 3.53. The van der Waals surface area contributed by atoms with Crippen LogP contribution in [0.1, 0.15) is 63.0 Å². The Bertz CT molecular complexity index is 737. The molecular weight excluding hydrogens is 392 g/mol. The number of carbonyl (C=O) groups excluding carboxylic acids is 1. The van der Waals surface area contributed by atoms with Gasteiger partial charge in [0, 0.05) is 49.6 Å². The molecule has 164 valence electrons. The number of guanidine groups is 1. The Kier molecular flexibility index (Phi) is 7.24. The second-order valence-corrected chi connectivity index (χ2v) is 10.5.